The van der Waals surface area contributed by atoms with Gasteiger partial charge in [0.05, 0.1) is 4.90 Å². The van der Waals surface area contributed by atoms with E-state index in [0.29, 0.717) is 0 Å². The van der Waals surface area contributed by atoms with Gasteiger partial charge in [0.25, 0.3) is 0 Å². The molecule has 0 radical (unpaired) electrons. The number of amides is 1. The van der Waals surface area contributed by atoms with Crippen LogP contribution in [0.25, 0.3) is 0 Å². The first kappa shape index (κ1) is 15.2. The van der Waals surface area contributed by atoms with E-state index in [1.807, 2.05) is 30.3 Å². The number of nitrogens with two attached hydrogens (primary N) is 1. The molecule has 0 saturated carbocycles. The van der Waals surface area contributed by atoms with Crippen molar-refractivity contribution in [3.63, 3.8) is 0 Å². The van der Waals surface area contributed by atoms with Gasteiger partial charge >= 0.3 is 0 Å². The molecule has 2 rings (SSSR count). The lowest BCUT2D eigenvalue weighted by Gasteiger charge is -2.15. The van der Waals surface area contributed by atoms with Crippen molar-refractivity contribution >= 4 is 15.9 Å². The fraction of sp³-hybridized carbons (Fsp3) is 0.133. The van der Waals surface area contributed by atoms with Crippen molar-refractivity contribution in [2.24, 2.45) is 5.73 Å². The van der Waals surface area contributed by atoms with E-state index in [1.54, 1.807) is 18.2 Å². The highest BCUT2D eigenvalue weighted by molar-refractivity contribution is 7.89. The molecular formula is C15H16N2O3S. The average Bonchev–Trinajstić information content (AvgIpc) is 2.48. The van der Waals surface area contributed by atoms with E-state index in [1.165, 1.54) is 12.1 Å². The smallest absolute Gasteiger partial charge is 0.241 e. The third-order valence-electron chi connectivity index (χ3n) is 2.98. The lowest BCUT2D eigenvalue weighted by atomic mass is 10.1. The molecule has 0 saturated heterocycles. The van der Waals surface area contributed by atoms with Gasteiger partial charge < -0.3 is 5.73 Å². The van der Waals surface area contributed by atoms with Crippen molar-refractivity contribution in [3.05, 3.63) is 66.2 Å². The maximum absolute atomic E-state index is 12.2. The topological polar surface area (TPSA) is 89.3 Å². The van der Waals surface area contributed by atoms with Crippen molar-refractivity contribution < 1.29 is 13.2 Å². The fourth-order valence-electron chi connectivity index (χ4n) is 1.91. The van der Waals surface area contributed by atoms with E-state index < -0.39 is 22.0 Å². The zero-order valence-electron chi connectivity index (χ0n) is 11.3. The van der Waals surface area contributed by atoms with E-state index in [0.717, 1.165) is 5.56 Å². The summed E-state index contributed by atoms with van der Waals surface area (Å²) >= 11 is 0. The number of hydrogen-bond acceptors (Lipinski definition) is 3. The van der Waals surface area contributed by atoms with Crippen LogP contribution in [-0.4, -0.2) is 20.4 Å². The predicted octanol–water partition coefficient (Wildman–Crippen LogP) is 1.06. The molecule has 5 nitrogen and oxygen atoms in total. The number of rotatable bonds is 6. The Bertz CT molecular complexity index is 700. The van der Waals surface area contributed by atoms with Gasteiger partial charge in [-0.15, -0.1) is 0 Å². The quantitative estimate of drug-likeness (QED) is 0.836. The van der Waals surface area contributed by atoms with Crippen molar-refractivity contribution in [2.75, 3.05) is 0 Å². The van der Waals surface area contributed by atoms with Crippen LogP contribution < -0.4 is 10.5 Å². The van der Waals surface area contributed by atoms with Crippen molar-refractivity contribution in [1.82, 2.24) is 4.72 Å². The lowest BCUT2D eigenvalue weighted by Crippen LogP contribution is -2.45. The second kappa shape index (κ2) is 6.51. The standard InChI is InChI=1S/C15H16N2O3S/c16-15(18)14(11-12-7-3-1-4-8-12)17-21(19,20)13-9-5-2-6-10-13/h1-10,14,17H,11H2,(H2,16,18)/t14-/m0/s1. The number of sulfonamides is 1. The number of benzene rings is 2. The van der Waals surface area contributed by atoms with Gasteiger partial charge in [0.15, 0.2) is 0 Å². The molecular weight excluding hydrogens is 288 g/mol. The Morgan fingerprint density at radius 2 is 1.52 bits per heavy atom. The van der Waals surface area contributed by atoms with Crippen LogP contribution in [0, 0.1) is 0 Å². The predicted molar refractivity (Wildman–Crippen MR) is 79.9 cm³/mol. The van der Waals surface area contributed by atoms with E-state index in [9.17, 15) is 13.2 Å². The minimum atomic E-state index is -3.78. The molecule has 6 heteroatoms. The molecule has 110 valence electrons. The maximum atomic E-state index is 12.2. The second-order valence-corrected chi connectivity index (χ2v) is 6.29. The van der Waals surface area contributed by atoms with Crippen LogP contribution in [0.5, 0.6) is 0 Å². The van der Waals surface area contributed by atoms with Crippen LogP contribution >= 0.6 is 0 Å². The average molecular weight is 304 g/mol. The van der Waals surface area contributed by atoms with Gasteiger partial charge in [-0.3, -0.25) is 4.79 Å². The Labute approximate surface area is 123 Å². The molecule has 0 spiro atoms. The molecule has 0 aromatic heterocycles. The summed E-state index contributed by atoms with van der Waals surface area (Å²) in [6.07, 6.45) is 0.211. The first-order chi connectivity index (χ1) is 9.99. The zero-order valence-corrected chi connectivity index (χ0v) is 12.1. The summed E-state index contributed by atoms with van der Waals surface area (Å²) in [5.74, 6) is -0.710. The summed E-state index contributed by atoms with van der Waals surface area (Å²) in [6.45, 7) is 0. The maximum Gasteiger partial charge on any atom is 0.241 e. The van der Waals surface area contributed by atoms with Gasteiger partial charge in [0.2, 0.25) is 15.9 Å². The number of nitrogens with one attached hydrogen (secondary N) is 1. The Balaban J connectivity index is 2.19. The molecule has 0 heterocycles. The van der Waals surface area contributed by atoms with Gasteiger partial charge in [0.1, 0.15) is 6.04 Å². The molecule has 1 amide bonds. The molecule has 0 fully saturated rings. The van der Waals surface area contributed by atoms with Crippen LogP contribution in [0.2, 0.25) is 0 Å². The van der Waals surface area contributed by atoms with Crippen molar-refractivity contribution in [3.8, 4) is 0 Å². The molecule has 0 unspecified atom stereocenters. The van der Waals surface area contributed by atoms with E-state index >= 15 is 0 Å². The van der Waals surface area contributed by atoms with Gasteiger partial charge in [-0.05, 0) is 24.1 Å². The summed E-state index contributed by atoms with van der Waals surface area (Å²) in [4.78, 5) is 11.6. The molecule has 1 atom stereocenters. The normalized spacial score (nSPS) is 12.8. The van der Waals surface area contributed by atoms with Crippen molar-refractivity contribution in [2.45, 2.75) is 17.4 Å². The summed E-state index contributed by atoms with van der Waals surface area (Å²) < 4.78 is 26.8. The molecule has 3 N–H and O–H groups in total. The van der Waals surface area contributed by atoms with Crippen LogP contribution in [0.1, 0.15) is 5.56 Å². The molecule has 0 aliphatic carbocycles. The van der Waals surface area contributed by atoms with Gasteiger partial charge in [-0.2, -0.15) is 4.72 Å². The Morgan fingerprint density at radius 3 is 2.05 bits per heavy atom. The molecule has 2 aromatic rings. The highest BCUT2D eigenvalue weighted by Gasteiger charge is 2.24. The zero-order chi connectivity index (χ0) is 15.3. The van der Waals surface area contributed by atoms with Crippen LogP contribution in [0.3, 0.4) is 0 Å². The minimum Gasteiger partial charge on any atom is -0.368 e. The Kier molecular flexibility index (Phi) is 4.72. The highest BCUT2D eigenvalue weighted by Crippen LogP contribution is 2.10. The summed E-state index contributed by atoms with van der Waals surface area (Å²) in [5.41, 5.74) is 6.13. The molecule has 0 bridgehead atoms. The second-order valence-electron chi connectivity index (χ2n) is 4.58. The van der Waals surface area contributed by atoms with Gasteiger partial charge in [-0.25, -0.2) is 8.42 Å². The largest absolute Gasteiger partial charge is 0.368 e. The third-order valence-corrected chi connectivity index (χ3v) is 4.46. The Hall–Kier alpha value is -2.18. The summed E-state index contributed by atoms with van der Waals surface area (Å²) in [6, 6.07) is 16.0. The summed E-state index contributed by atoms with van der Waals surface area (Å²) in [5, 5.41) is 0. The van der Waals surface area contributed by atoms with Gasteiger partial charge in [-0.1, -0.05) is 48.5 Å². The van der Waals surface area contributed by atoms with E-state index in [4.69, 9.17) is 5.73 Å². The summed E-state index contributed by atoms with van der Waals surface area (Å²) in [7, 11) is -3.78. The molecule has 21 heavy (non-hydrogen) atoms. The van der Waals surface area contributed by atoms with Crippen molar-refractivity contribution in [1.29, 1.82) is 0 Å². The van der Waals surface area contributed by atoms with E-state index in [2.05, 4.69) is 4.72 Å². The van der Waals surface area contributed by atoms with E-state index in [-0.39, 0.29) is 11.3 Å². The SMILES string of the molecule is NC(=O)[C@H](Cc1ccccc1)NS(=O)(=O)c1ccccc1. The third kappa shape index (κ3) is 4.14. The lowest BCUT2D eigenvalue weighted by molar-refractivity contribution is -0.119. The monoisotopic (exact) mass is 304 g/mol. The number of primary amides is 1. The number of hydrogen-bond donors (Lipinski definition) is 2. The van der Waals surface area contributed by atoms with Crippen LogP contribution in [0.4, 0.5) is 0 Å². The van der Waals surface area contributed by atoms with Gasteiger partial charge in [0, 0.05) is 0 Å². The number of carbonyl (C=O) groups excluding carboxylic acids is 1. The fourth-order valence-corrected chi connectivity index (χ4v) is 3.13. The number of carbonyl (C=O) groups is 1. The minimum absolute atomic E-state index is 0.101. The first-order valence-electron chi connectivity index (χ1n) is 6.39. The van der Waals surface area contributed by atoms with Crippen LogP contribution in [0.15, 0.2) is 65.6 Å². The van der Waals surface area contributed by atoms with Crippen LogP contribution in [-0.2, 0) is 21.2 Å². The highest BCUT2D eigenvalue weighted by atomic mass is 32.2. The molecule has 0 aliphatic rings. The first-order valence-corrected chi connectivity index (χ1v) is 7.88. The molecule has 0 aliphatic heterocycles. The molecule has 2 aromatic carbocycles. The Morgan fingerprint density at radius 1 is 1.00 bits per heavy atom.